The third-order valence-corrected chi connectivity index (χ3v) is 4.01. The Morgan fingerprint density at radius 2 is 2.38 bits per heavy atom. The number of anilines is 1. The summed E-state index contributed by atoms with van der Waals surface area (Å²) in [5.74, 6) is 0.266. The van der Waals surface area contributed by atoms with Gasteiger partial charge in [-0.2, -0.15) is 5.10 Å². The molecular formula is C14H16ClN5O. The van der Waals surface area contributed by atoms with E-state index in [1.165, 1.54) is 6.33 Å². The SMILES string of the molecule is CC1CCNC1C(=O)Nc1cccc(Cl)c1-n1cncn1. The number of amides is 1. The van der Waals surface area contributed by atoms with Crippen LogP contribution >= 0.6 is 11.6 Å². The molecule has 21 heavy (non-hydrogen) atoms. The zero-order valence-electron chi connectivity index (χ0n) is 11.6. The van der Waals surface area contributed by atoms with Crippen LogP contribution < -0.4 is 10.6 Å². The van der Waals surface area contributed by atoms with Gasteiger partial charge in [-0.05, 0) is 31.0 Å². The van der Waals surface area contributed by atoms with Crippen LogP contribution in [0.4, 0.5) is 5.69 Å². The number of hydrogen-bond donors (Lipinski definition) is 2. The van der Waals surface area contributed by atoms with Gasteiger partial charge < -0.3 is 10.6 Å². The minimum Gasteiger partial charge on any atom is -0.323 e. The largest absolute Gasteiger partial charge is 0.323 e. The van der Waals surface area contributed by atoms with Crippen molar-refractivity contribution in [2.24, 2.45) is 5.92 Å². The Balaban J connectivity index is 1.89. The highest BCUT2D eigenvalue weighted by Crippen LogP contribution is 2.28. The molecule has 2 N–H and O–H groups in total. The molecule has 2 heterocycles. The second kappa shape index (κ2) is 5.83. The molecule has 3 rings (SSSR count). The van der Waals surface area contributed by atoms with Crippen molar-refractivity contribution in [2.45, 2.75) is 19.4 Å². The molecule has 0 bridgehead atoms. The topological polar surface area (TPSA) is 71.8 Å². The minimum absolute atomic E-state index is 0.0522. The van der Waals surface area contributed by atoms with Gasteiger partial charge in [0, 0.05) is 0 Å². The fourth-order valence-electron chi connectivity index (χ4n) is 2.57. The van der Waals surface area contributed by atoms with Gasteiger partial charge in [-0.1, -0.05) is 24.6 Å². The average molecular weight is 306 g/mol. The van der Waals surface area contributed by atoms with Gasteiger partial charge in [0.25, 0.3) is 0 Å². The Labute approximate surface area is 127 Å². The Hall–Kier alpha value is -1.92. The lowest BCUT2D eigenvalue weighted by atomic mass is 10.0. The van der Waals surface area contributed by atoms with Crippen LogP contribution in [0.5, 0.6) is 0 Å². The van der Waals surface area contributed by atoms with Gasteiger partial charge >= 0.3 is 0 Å². The lowest BCUT2D eigenvalue weighted by molar-refractivity contribution is -0.118. The van der Waals surface area contributed by atoms with Crippen LogP contribution in [-0.4, -0.2) is 33.3 Å². The van der Waals surface area contributed by atoms with Crippen LogP contribution in [0.1, 0.15) is 13.3 Å². The Morgan fingerprint density at radius 3 is 3.05 bits per heavy atom. The molecule has 0 radical (unpaired) electrons. The normalized spacial score (nSPS) is 21.4. The van der Waals surface area contributed by atoms with E-state index < -0.39 is 0 Å². The van der Waals surface area contributed by atoms with Crippen molar-refractivity contribution in [1.29, 1.82) is 0 Å². The number of carbonyl (C=O) groups is 1. The molecule has 2 atom stereocenters. The maximum absolute atomic E-state index is 12.4. The second-order valence-corrected chi connectivity index (χ2v) is 5.57. The van der Waals surface area contributed by atoms with Crippen LogP contribution in [0, 0.1) is 5.92 Å². The molecular weight excluding hydrogens is 290 g/mol. The summed E-state index contributed by atoms with van der Waals surface area (Å²) in [6.45, 7) is 2.94. The summed E-state index contributed by atoms with van der Waals surface area (Å²) < 4.78 is 1.55. The van der Waals surface area contributed by atoms with Crippen LogP contribution in [0.15, 0.2) is 30.9 Å². The Bertz CT molecular complexity index is 643. The quantitative estimate of drug-likeness (QED) is 0.908. The monoisotopic (exact) mass is 305 g/mol. The summed E-state index contributed by atoms with van der Waals surface area (Å²) in [4.78, 5) is 16.3. The zero-order valence-corrected chi connectivity index (χ0v) is 12.3. The van der Waals surface area contributed by atoms with Crippen molar-refractivity contribution >= 4 is 23.2 Å². The highest BCUT2D eigenvalue weighted by molar-refractivity contribution is 6.33. The zero-order chi connectivity index (χ0) is 14.8. The van der Waals surface area contributed by atoms with Crippen LogP contribution in [0.25, 0.3) is 5.69 Å². The molecule has 1 aromatic heterocycles. The third kappa shape index (κ3) is 2.77. The van der Waals surface area contributed by atoms with Crippen LogP contribution in [-0.2, 0) is 4.79 Å². The molecule has 1 amide bonds. The van der Waals surface area contributed by atoms with Crippen LogP contribution in [0.3, 0.4) is 0 Å². The molecule has 110 valence electrons. The molecule has 1 saturated heterocycles. The number of para-hydroxylation sites is 1. The molecule has 1 fully saturated rings. The number of carbonyl (C=O) groups excluding carboxylic acids is 1. The smallest absolute Gasteiger partial charge is 0.241 e. The van der Waals surface area contributed by atoms with Crippen molar-refractivity contribution < 1.29 is 4.79 Å². The standard InChI is InChI=1S/C14H16ClN5O/c1-9-5-6-17-12(9)14(21)19-11-4-2-3-10(15)13(11)20-8-16-7-18-20/h2-4,7-9,12,17H,5-6H2,1H3,(H,19,21). The number of rotatable bonds is 3. The van der Waals surface area contributed by atoms with E-state index in [0.717, 1.165) is 13.0 Å². The van der Waals surface area contributed by atoms with E-state index in [2.05, 4.69) is 27.6 Å². The summed E-state index contributed by atoms with van der Waals surface area (Å²) in [6, 6.07) is 5.18. The highest BCUT2D eigenvalue weighted by Gasteiger charge is 2.29. The van der Waals surface area contributed by atoms with E-state index in [1.807, 2.05) is 0 Å². The van der Waals surface area contributed by atoms with Crippen molar-refractivity contribution in [1.82, 2.24) is 20.1 Å². The van der Waals surface area contributed by atoms with Crippen molar-refractivity contribution in [2.75, 3.05) is 11.9 Å². The van der Waals surface area contributed by atoms with Gasteiger partial charge in [0.2, 0.25) is 5.91 Å². The Kier molecular flexibility index (Phi) is 3.90. The van der Waals surface area contributed by atoms with Crippen molar-refractivity contribution in [3.8, 4) is 5.69 Å². The molecule has 0 aliphatic carbocycles. The number of aromatic nitrogens is 3. The molecule has 6 nitrogen and oxygen atoms in total. The summed E-state index contributed by atoms with van der Waals surface area (Å²) in [7, 11) is 0. The number of benzene rings is 1. The fourth-order valence-corrected chi connectivity index (χ4v) is 2.83. The minimum atomic E-state index is -0.174. The van der Waals surface area contributed by atoms with E-state index in [-0.39, 0.29) is 11.9 Å². The van der Waals surface area contributed by atoms with Gasteiger partial charge in [0.1, 0.15) is 18.3 Å². The Morgan fingerprint density at radius 1 is 1.52 bits per heavy atom. The van der Waals surface area contributed by atoms with Gasteiger partial charge in [0.05, 0.1) is 16.8 Å². The van der Waals surface area contributed by atoms with Crippen molar-refractivity contribution in [3.05, 3.63) is 35.9 Å². The molecule has 0 saturated carbocycles. The first kappa shape index (κ1) is 14.0. The first-order valence-electron chi connectivity index (χ1n) is 6.84. The molecule has 2 aromatic rings. The number of nitrogens with zero attached hydrogens (tertiary/aromatic N) is 3. The maximum Gasteiger partial charge on any atom is 0.241 e. The summed E-state index contributed by atoms with van der Waals surface area (Å²) in [5, 5.41) is 10.7. The number of hydrogen-bond acceptors (Lipinski definition) is 4. The summed E-state index contributed by atoms with van der Waals surface area (Å²) in [6.07, 6.45) is 3.98. The van der Waals surface area contributed by atoms with Crippen molar-refractivity contribution in [3.63, 3.8) is 0 Å². The molecule has 7 heteroatoms. The van der Waals surface area contributed by atoms with Gasteiger partial charge in [-0.3, -0.25) is 4.79 Å². The summed E-state index contributed by atoms with van der Waals surface area (Å²) in [5.41, 5.74) is 1.24. The summed E-state index contributed by atoms with van der Waals surface area (Å²) >= 11 is 6.24. The molecule has 1 aromatic carbocycles. The number of nitrogens with one attached hydrogen (secondary N) is 2. The van der Waals surface area contributed by atoms with Gasteiger partial charge in [0.15, 0.2) is 0 Å². The molecule has 1 aliphatic heterocycles. The molecule has 0 spiro atoms. The van der Waals surface area contributed by atoms with E-state index in [9.17, 15) is 4.79 Å². The first-order chi connectivity index (χ1) is 10.2. The van der Waals surface area contributed by atoms with E-state index in [1.54, 1.807) is 29.2 Å². The second-order valence-electron chi connectivity index (χ2n) is 5.16. The van der Waals surface area contributed by atoms with Gasteiger partial charge in [-0.25, -0.2) is 9.67 Å². The van der Waals surface area contributed by atoms with E-state index in [0.29, 0.717) is 22.3 Å². The van der Waals surface area contributed by atoms with E-state index in [4.69, 9.17) is 11.6 Å². The molecule has 2 unspecified atom stereocenters. The average Bonchev–Trinajstić information content (AvgIpc) is 3.10. The number of halogens is 1. The maximum atomic E-state index is 12.4. The lowest BCUT2D eigenvalue weighted by Gasteiger charge is -2.17. The predicted molar refractivity (Wildman–Crippen MR) is 80.6 cm³/mol. The highest BCUT2D eigenvalue weighted by atomic mass is 35.5. The van der Waals surface area contributed by atoms with E-state index >= 15 is 0 Å². The first-order valence-corrected chi connectivity index (χ1v) is 7.22. The fraction of sp³-hybridized carbons (Fsp3) is 0.357. The third-order valence-electron chi connectivity index (χ3n) is 3.71. The van der Waals surface area contributed by atoms with Gasteiger partial charge in [-0.15, -0.1) is 0 Å². The van der Waals surface area contributed by atoms with Crippen LogP contribution in [0.2, 0.25) is 5.02 Å². The predicted octanol–water partition coefficient (Wildman–Crippen LogP) is 1.86. The lowest BCUT2D eigenvalue weighted by Crippen LogP contribution is -2.39. The molecule has 1 aliphatic rings.